The van der Waals surface area contributed by atoms with Crippen LogP contribution in [0.5, 0.6) is 5.88 Å². The van der Waals surface area contributed by atoms with Gasteiger partial charge in [-0.15, -0.1) is 0 Å². The van der Waals surface area contributed by atoms with E-state index in [1.54, 1.807) is 0 Å². The Balaban J connectivity index is 2.00. The van der Waals surface area contributed by atoms with E-state index >= 15 is 0 Å². The van der Waals surface area contributed by atoms with Crippen LogP contribution < -0.4 is 10.1 Å². The van der Waals surface area contributed by atoms with Gasteiger partial charge in [0, 0.05) is 18.7 Å². The van der Waals surface area contributed by atoms with Crippen molar-refractivity contribution in [3.05, 3.63) is 28.4 Å². The molecule has 0 amide bonds. The van der Waals surface area contributed by atoms with Crippen molar-refractivity contribution in [1.29, 1.82) is 0 Å². The highest BCUT2D eigenvalue weighted by Gasteiger charge is 2.16. The van der Waals surface area contributed by atoms with Crippen molar-refractivity contribution >= 4 is 5.69 Å². The Bertz CT molecular complexity index is 346. The second-order valence-electron chi connectivity index (χ2n) is 3.34. The summed E-state index contributed by atoms with van der Waals surface area (Å²) in [6.45, 7) is 1.75. The number of pyridine rings is 1. The van der Waals surface area contributed by atoms with E-state index in [4.69, 9.17) is 4.74 Å². The fraction of sp³-hybridized carbons (Fsp3) is 0.444. The first-order valence-electron chi connectivity index (χ1n) is 4.73. The largest absolute Gasteiger partial charge is 0.473 e. The van der Waals surface area contributed by atoms with Crippen LogP contribution in [0, 0.1) is 10.1 Å². The van der Waals surface area contributed by atoms with E-state index in [-0.39, 0.29) is 11.8 Å². The number of rotatable bonds is 3. The standard InChI is InChI=1S/C9H11N3O3/c13-12(14)7-1-2-9(11-5-7)15-8-3-4-10-6-8/h1-2,5,8,10H,3-4,6H2/t8-/m0/s1. The molecular formula is C9H11N3O3. The summed E-state index contributed by atoms with van der Waals surface area (Å²) < 4.78 is 5.51. The number of nitro groups is 1. The molecule has 0 saturated carbocycles. The summed E-state index contributed by atoms with van der Waals surface area (Å²) in [6.07, 6.45) is 2.27. The summed E-state index contributed by atoms with van der Waals surface area (Å²) in [5.74, 6) is 0.439. The van der Waals surface area contributed by atoms with Crippen LogP contribution in [-0.4, -0.2) is 29.1 Å². The summed E-state index contributed by atoms with van der Waals surface area (Å²) in [6, 6.07) is 2.92. The molecular weight excluding hydrogens is 198 g/mol. The van der Waals surface area contributed by atoms with Gasteiger partial charge in [-0.2, -0.15) is 0 Å². The van der Waals surface area contributed by atoms with Gasteiger partial charge in [-0.25, -0.2) is 4.98 Å². The van der Waals surface area contributed by atoms with Crippen LogP contribution in [0.1, 0.15) is 6.42 Å². The summed E-state index contributed by atoms with van der Waals surface area (Å²) in [4.78, 5) is 13.8. The Hall–Kier alpha value is -1.69. The number of aromatic nitrogens is 1. The van der Waals surface area contributed by atoms with Gasteiger partial charge in [0.15, 0.2) is 0 Å². The summed E-state index contributed by atoms with van der Waals surface area (Å²) >= 11 is 0. The van der Waals surface area contributed by atoms with Crippen LogP contribution in [0.2, 0.25) is 0 Å². The van der Waals surface area contributed by atoms with E-state index in [2.05, 4.69) is 10.3 Å². The van der Waals surface area contributed by atoms with Gasteiger partial charge in [-0.3, -0.25) is 10.1 Å². The van der Waals surface area contributed by atoms with Gasteiger partial charge in [-0.05, 0) is 13.0 Å². The average Bonchev–Trinajstić information content (AvgIpc) is 2.71. The van der Waals surface area contributed by atoms with E-state index in [9.17, 15) is 10.1 Å². The summed E-state index contributed by atoms with van der Waals surface area (Å²) in [7, 11) is 0. The molecule has 0 radical (unpaired) electrons. The minimum absolute atomic E-state index is 0.0214. The van der Waals surface area contributed by atoms with E-state index in [0.29, 0.717) is 5.88 Å². The van der Waals surface area contributed by atoms with Crippen molar-refractivity contribution in [3.8, 4) is 5.88 Å². The lowest BCUT2D eigenvalue weighted by Crippen LogP contribution is -2.19. The maximum absolute atomic E-state index is 10.4. The van der Waals surface area contributed by atoms with Crippen LogP contribution in [0.3, 0.4) is 0 Å². The molecule has 1 saturated heterocycles. The minimum Gasteiger partial charge on any atom is -0.473 e. The van der Waals surface area contributed by atoms with Crippen molar-refractivity contribution in [3.63, 3.8) is 0 Å². The molecule has 1 atom stereocenters. The van der Waals surface area contributed by atoms with Gasteiger partial charge >= 0.3 is 0 Å². The van der Waals surface area contributed by atoms with Gasteiger partial charge in [-0.1, -0.05) is 0 Å². The van der Waals surface area contributed by atoms with Gasteiger partial charge in [0.2, 0.25) is 5.88 Å². The highest BCUT2D eigenvalue weighted by molar-refractivity contribution is 5.28. The molecule has 1 aliphatic rings. The lowest BCUT2D eigenvalue weighted by Gasteiger charge is -2.10. The lowest BCUT2D eigenvalue weighted by molar-refractivity contribution is -0.385. The number of hydrogen-bond donors (Lipinski definition) is 1. The van der Waals surface area contributed by atoms with Gasteiger partial charge in [0.25, 0.3) is 5.69 Å². The van der Waals surface area contributed by atoms with E-state index < -0.39 is 4.92 Å². The lowest BCUT2D eigenvalue weighted by atomic mass is 10.3. The predicted molar refractivity (Wildman–Crippen MR) is 52.8 cm³/mol. The molecule has 0 aliphatic carbocycles. The maximum atomic E-state index is 10.4. The van der Waals surface area contributed by atoms with Crippen molar-refractivity contribution in [1.82, 2.24) is 10.3 Å². The predicted octanol–water partition coefficient (Wildman–Crippen LogP) is 0.730. The maximum Gasteiger partial charge on any atom is 0.287 e. The third kappa shape index (κ3) is 2.41. The smallest absolute Gasteiger partial charge is 0.287 e. The third-order valence-electron chi connectivity index (χ3n) is 2.23. The first-order valence-corrected chi connectivity index (χ1v) is 4.73. The van der Waals surface area contributed by atoms with E-state index in [1.807, 2.05) is 0 Å². The molecule has 0 spiro atoms. The molecule has 1 aromatic heterocycles. The van der Waals surface area contributed by atoms with E-state index in [1.165, 1.54) is 18.3 Å². The molecule has 0 unspecified atom stereocenters. The zero-order valence-corrected chi connectivity index (χ0v) is 8.05. The van der Waals surface area contributed by atoms with Crippen molar-refractivity contribution in [2.24, 2.45) is 0 Å². The van der Waals surface area contributed by atoms with Gasteiger partial charge < -0.3 is 10.1 Å². The Morgan fingerprint density at radius 3 is 3.00 bits per heavy atom. The Labute approximate surface area is 86.4 Å². The molecule has 80 valence electrons. The molecule has 0 aromatic carbocycles. The summed E-state index contributed by atoms with van der Waals surface area (Å²) in [5.41, 5.74) is -0.0214. The third-order valence-corrected chi connectivity index (χ3v) is 2.23. The monoisotopic (exact) mass is 209 g/mol. The Morgan fingerprint density at radius 2 is 2.47 bits per heavy atom. The van der Waals surface area contributed by atoms with Crippen molar-refractivity contribution in [2.45, 2.75) is 12.5 Å². The molecule has 1 fully saturated rings. The first-order chi connectivity index (χ1) is 7.25. The Kier molecular flexibility index (Phi) is 2.77. The number of nitrogens with zero attached hydrogens (tertiary/aromatic N) is 2. The van der Waals surface area contributed by atoms with Crippen molar-refractivity contribution < 1.29 is 9.66 Å². The second-order valence-corrected chi connectivity index (χ2v) is 3.34. The number of nitrogens with one attached hydrogen (secondary N) is 1. The van der Waals surface area contributed by atoms with Crippen LogP contribution in [0.4, 0.5) is 5.69 Å². The molecule has 1 aliphatic heterocycles. The van der Waals surface area contributed by atoms with Crippen LogP contribution in [0.25, 0.3) is 0 Å². The summed E-state index contributed by atoms with van der Waals surface area (Å²) in [5, 5.41) is 13.5. The molecule has 0 bridgehead atoms. The molecule has 2 heterocycles. The fourth-order valence-electron chi connectivity index (χ4n) is 1.45. The molecule has 6 nitrogen and oxygen atoms in total. The normalized spacial score (nSPS) is 20.1. The van der Waals surface area contributed by atoms with Gasteiger partial charge in [0.1, 0.15) is 12.3 Å². The number of hydrogen-bond acceptors (Lipinski definition) is 5. The SMILES string of the molecule is O=[N+]([O-])c1ccc(O[C@H]2CCNC2)nc1. The van der Waals surface area contributed by atoms with E-state index in [0.717, 1.165) is 19.5 Å². The molecule has 15 heavy (non-hydrogen) atoms. The van der Waals surface area contributed by atoms with Crippen molar-refractivity contribution in [2.75, 3.05) is 13.1 Å². The number of ether oxygens (including phenoxy) is 1. The molecule has 6 heteroatoms. The Morgan fingerprint density at radius 1 is 1.60 bits per heavy atom. The fourth-order valence-corrected chi connectivity index (χ4v) is 1.45. The minimum atomic E-state index is -0.478. The molecule has 1 aromatic rings. The zero-order chi connectivity index (χ0) is 10.7. The topological polar surface area (TPSA) is 77.3 Å². The molecule has 2 rings (SSSR count). The first kappa shape index (κ1) is 9.85. The highest BCUT2D eigenvalue weighted by atomic mass is 16.6. The van der Waals surface area contributed by atoms with Gasteiger partial charge in [0.05, 0.1) is 4.92 Å². The quantitative estimate of drug-likeness (QED) is 0.586. The molecule has 1 N–H and O–H groups in total. The highest BCUT2D eigenvalue weighted by Crippen LogP contribution is 2.16. The zero-order valence-electron chi connectivity index (χ0n) is 8.05. The van der Waals surface area contributed by atoms with Crippen LogP contribution in [-0.2, 0) is 0 Å². The van der Waals surface area contributed by atoms with Crippen LogP contribution in [0.15, 0.2) is 18.3 Å². The average molecular weight is 209 g/mol. The van der Waals surface area contributed by atoms with Crippen LogP contribution >= 0.6 is 0 Å². The second kappa shape index (κ2) is 4.22.